The summed E-state index contributed by atoms with van der Waals surface area (Å²) in [5.41, 5.74) is 2.18. The number of hydrogen-bond acceptors (Lipinski definition) is 3. The molecule has 4 heteroatoms. The Hall–Kier alpha value is -1.81. The quantitative estimate of drug-likeness (QED) is 0.840. The van der Waals surface area contributed by atoms with Crippen molar-refractivity contribution in [1.82, 2.24) is 4.90 Å². The van der Waals surface area contributed by atoms with Crippen molar-refractivity contribution in [2.45, 2.75) is 12.8 Å². The molecule has 106 valence electrons. The lowest BCUT2D eigenvalue weighted by atomic mass is 9.98. The molecule has 0 aliphatic carbocycles. The van der Waals surface area contributed by atoms with Crippen molar-refractivity contribution < 1.29 is 13.9 Å². The maximum atomic E-state index is 11.9. The lowest BCUT2D eigenvalue weighted by molar-refractivity contribution is -0.128. The van der Waals surface area contributed by atoms with E-state index in [2.05, 4.69) is 12.1 Å². The van der Waals surface area contributed by atoms with Crippen LogP contribution in [-0.2, 0) is 16.0 Å². The van der Waals surface area contributed by atoms with E-state index in [1.54, 1.807) is 13.4 Å². The molecule has 0 N–H and O–H groups in total. The van der Waals surface area contributed by atoms with Crippen LogP contribution >= 0.6 is 0 Å². The zero-order chi connectivity index (χ0) is 13.9. The summed E-state index contributed by atoms with van der Waals surface area (Å²) in [6.07, 6.45) is 3.30. The predicted molar refractivity (Wildman–Crippen MR) is 76.5 cm³/mol. The average Bonchev–Trinajstić information content (AvgIpc) is 3.03. The lowest BCUT2D eigenvalue weighted by Gasteiger charge is -2.15. The second kappa shape index (κ2) is 5.67. The van der Waals surface area contributed by atoms with Gasteiger partial charge in [-0.05, 0) is 36.1 Å². The third-order valence-electron chi connectivity index (χ3n) is 3.90. The number of fused-ring (bicyclic) bond motifs is 1. The first-order valence-electron chi connectivity index (χ1n) is 6.99. The average molecular weight is 273 g/mol. The molecule has 0 spiro atoms. The summed E-state index contributed by atoms with van der Waals surface area (Å²) in [6, 6.07) is 8.23. The van der Waals surface area contributed by atoms with Crippen molar-refractivity contribution in [3.63, 3.8) is 0 Å². The van der Waals surface area contributed by atoms with Crippen LogP contribution in [0.4, 0.5) is 0 Å². The molecule has 1 saturated heterocycles. The summed E-state index contributed by atoms with van der Waals surface area (Å²) in [7, 11) is 1.66. The van der Waals surface area contributed by atoms with Crippen molar-refractivity contribution in [2.24, 2.45) is 5.92 Å². The van der Waals surface area contributed by atoms with Crippen LogP contribution in [0.1, 0.15) is 12.0 Å². The molecular formula is C16H19NO3. The molecule has 20 heavy (non-hydrogen) atoms. The Kier molecular flexibility index (Phi) is 3.74. The van der Waals surface area contributed by atoms with Crippen molar-refractivity contribution >= 4 is 16.9 Å². The van der Waals surface area contributed by atoms with Crippen LogP contribution in [-0.4, -0.2) is 37.6 Å². The summed E-state index contributed by atoms with van der Waals surface area (Å²) in [5, 5.41) is 1.13. The number of amides is 1. The Labute approximate surface area is 118 Å². The fraction of sp³-hybridized carbons (Fsp3) is 0.438. The van der Waals surface area contributed by atoms with Gasteiger partial charge in [0.05, 0.1) is 12.9 Å². The first-order valence-corrected chi connectivity index (χ1v) is 6.99. The molecule has 0 bridgehead atoms. The van der Waals surface area contributed by atoms with Gasteiger partial charge in [-0.1, -0.05) is 6.07 Å². The molecule has 2 heterocycles. The van der Waals surface area contributed by atoms with Gasteiger partial charge >= 0.3 is 0 Å². The zero-order valence-electron chi connectivity index (χ0n) is 11.7. The molecule has 1 fully saturated rings. The van der Waals surface area contributed by atoms with Crippen LogP contribution in [0, 0.1) is 5.92 Å². The summed E-state index contributed by atoms with van der Waals surface area (Å²) in [4.78, 5) is 13.8. The Bertz CT molecular complexity index is 605. The van der Waals surface area contributed by atoms with E-state index in [0.29, 0.717) is 25.5 Å². The summed E-state index contributed by atoms with van der Waals surface area (Å²) in [5.74, 6) is 0.653. The molecule has 0 radical (unpaired) electrons. The fourth-order valence-corrected chi connectivity index (χ4v) is 2.88. The number of rotatable bonds is 5. The molecule has 0 unspecified atom stereocenters. The minimum atomic E-state index is 0.247. The van der Waals surface area contributed by atoms with Gasteiger partial charge in [0, 0.05) is 32.0 Å². The van der Waals surface area contributed by atoms with E-state index in [9.17, 15) is 4.79 Å². The maximum Gasteiger partial charge on any atom is 0.223 e. The van der Waals surface area contributed by atoms with Gasteiger partial charge in [0.15, 0.2) is 0 Å². The van der Waals surface area contributed by atoms with Gasteiger partial charge in [-0.2, -0.15) is 0 Å². The highest BCUT2D eigenvalue weighted by Gasteiger charge is 2.29. The van der Waals surface area contributed by atoms with Crippen LogP contribution in [0.5, 0.6) is 0 Å². The van der Waals surface area contributed by atoms with Gasteiger partial charge in [0.2, 0.25) is 5.91 Å². The highest BCUT2D eigenvalue weighted by molar-refractivity contribution is 5.79. The first-order chi connectivity index (χ1) is 9.76. The number of carbonyl (C=O) groups is 1. The molecule has 1 atom stereocenters. The molecule has 1 amide bonds. The summed E-state index contributed by atoms with van der Waals surface area (Å²) in [6.45, 7) is 2.15. The SMILES string of the molecule is COCCN1C[C@H](Cc2ccc3occc3c2)CC1=O. The summed E-state index contributed by atoms with van der Waals surface area (Å²) < 4.78 is 10.4. The van der Waals surface area contributed by atoms with Gasteiger partial charge in [0.25, 0.3) is 0 Å². The third-order valence-corrected chi connectivity index (χ3v) is 3.90. The second-order valence-electron chi connectivity index (χ2n) is 5.40. The molecule has 2 aromatic rings. The number of benzene rings is 1. The Balaban J connectivity index is 1.64. The largest absolute Gasteiger partial charge is 0.464 e. The number of methoxy groups -OCH3 is 1. The van der Waals surface area contributed by atoms with Gasteiger partial charge < -0.3 is 14.1 Å². The number of furan rings is 1. The standard InChI is InChI=1S/C16H19NO3/c1-19-7-5-17-11-13(10-16(17)18)8-12-2-3-15-14(9-12)4-6-20-15/h2-4,6,9,13H,5,7-8,10-11H2,1H3/t13-/m1/s1. The highest BCUT2D eigenvalue weighted by atomic mass is 16.5. The van der Waals surface area contributed by atoms with E-state index in [-0.39, 0.29) is 5.91 Å². The zero-order valence-corrected chi connectivity index (χ0v) is 11.7. The molecule has 1 aliphatic rings. The normalized spacial score (nSPS) is 19.1. The number of likely N-dealkylation sites (tertiary alicyclic amines) is 1. The lowest BCUT2D eigenvalue weighted by Crippen LogP contribution is -2.28. The van der Waals surface area contributed by atoms with Crippen molar-refractivity contribution in [3.8, 4) is 0 Å². The fourth-order valence-electron chi connectivity index (χ4n) is 2.88. The molecule has 1 aromatic carbocycles. The van der Waals surface area contributed by atoms with E-state index >= 15 is 0 Å². The minimum absolute atomic E-state index is 0.247. The Morgan fingerprint density at radius 1 is 1.40 bits per heavy atom. The maximum absolute atomic E-state index is 11.9. The van der Waals surface area contributed by atoms with E-state index in [1.165, 1.54) is 5.56 Å². The van der Waals surface area contributed by atoms with Gasteiger partial charge in [-0.3, -0.25) is 4.79 Å². The van der Waals surface area contributed by atoms with Gasteiger partial charge in [0.1, 0.15) is 5.58 Å². The predicted octanol–water partition coefficient (Wildman–Crippen LogP) is 2.47. The van der Waals surface area contributed by atoms with Crippen molar-refractivity contribution in [2.75, 3.05) is 26.8 Å². The Morgan fingerprint density at radius 2 is 2.30 bits per heavy atom. The van der Waals surface area contributed by atoms with Crippen molar-refractivity contribution in [3.05, 3.63) is 36.1 Å². The molecule has 4 nitrogen and oxygen atoms in total. The van der Waals surface area contributed by atoms with Crippen LogP contribution < -0.4 is 0 Å². The van der Waals surface area contributed by atoms with Crippen LogP contribution in [0.15, 0.2) is 34.9 Å². The monoisotopic (exact) mass is 273 g/mol. The third kappa shape index (κ3) is 2.70. The number of carbonyl (C=O) groups excluding carboxylic acids is 1. The van der Waals surface area contributed by atoms with Crippen LogP contribution in [0.25, 0.3) is 11.0 Å². The summed E-state index contributed by atoms with van der Waals surface area (Å²) >= 11 is 0. The minimum Gasteiger partial charge on any atom is -0.464 e. The van der Waals surface area contributed by atoms with E-state index < -0.39 is 0 Å². The molecule has 1 aliphatic heterocycles. The van der Waals surface area contributed by atoms with E-state index in [0.717, 1.165) is 23.9 Å². The number of ether oxygens (including phenoxy) is 1. The Morgan fingerprint density at radius 3 is 3.15 bits per heavy atom. The van der Waals surface area contributed by atoms with Gasteiger partial charge in [-0.15, -0.1) is 0 Å². The number of nitrogens with zero attached hydrogens (tertiary/aromatic N) is 1. The highest BCUT2D eigenvalue weighted by Crippen LogP contribution is 2.24. The first kappa shape index (κ1) is 13.2. The molecule has 3 rings (SSSR count). The molecule has 0 saturated carbocycles. The second-order valence-corrected chi connectivity index (χ2v) is 5.40. The van der Waals surface area contributed by atoms with E-state index in [1.807, 2.05) is 17.0 Å². The van der Waals surface area contributed by atoms with Crippen molar-refractivity contribution in [1.29, 1.82) is 0 Å². The van der Waals surface area contributed by atoms with Crippen LogP contribution in [0.2, 0.25) is 0 Å². The van der Waals surface area contributed by atoms with E-state index in [4.69, 9.17) is 9.15 Å². The van der Waals surface area contributed by atoms with Gasteiger partial charge in [-0.25, -0.2) is 0 Å². The smallest absolute Gasteiger partial charge is 0.223 e. The molecular weight excluding hydrogens is 254 g/mol. The van der Waals surface area contributed by atoms with Crippen LogP contribution in [0.3, 0.4) is 0 Å². The number of hydrogen-bond donors (Lipinski definition) is 0. The molecule has 1 aromatic heterocycles. The topological polar surface area (TPSA) is 42.7 Å².